The van der Waals surface area contributed by atoms with Crippen LogP contribution in [0.3, 0.4) is 0 Å². The predicted molar refractivity (Wildman–Crippen MR) is 167 cm³/mol. The fourth-order valence-corrected chi connectivity index (χ4v) is 6.05. The number of H-pyrrole nitrogens is 1. The molecule has 1 unspecified atom stereocenters. The number of halogens is 1. The summed E-state index contributed by atoms with van der Waals surface area (Å²) in [6, 6.07) is 4.86. The number of unbranched alkanes of at least 4 members (excludes halogenated alkanes) is 1. The molecular weight excluding hydrogens is 602 g/mol. The molecule has 1 aliphatic heterocycles. The summed E-state index contributed by atoms with van der Waals surface area (Å²) in [6.07, 6.45) is 5.50. The van der Waals surface area contributed by atoms with Gasteiger partial charge >= 0.3 is 12.0 Å². The maximum Gasteiger partial charge on any atom is 0.328 e. The zero-order valence-corrected chi connectivity index (χ0v) is 27.0. The number of methoxy groups -OCH3 is 1. The van der Waals surface area contributed by atoms with Gasteiger partial charge in [-0.05, 0) is 72.5 Å². The van der Waals surface area contributed by atoms with Crippen LogP contribution in [0, 0.1) is 5.92 Å². The van der Waals surface area contributed by atoms with Crippen LogP contribution in [-0.4, -0.2) is 71.5 Å². The quantitative estimate of drug-likeness (QED) is 0.232. The van der Waals surface area contributed by atoms with Crippen LogP contribution in [0.2, 0.25) is 0 Å². The normalized spacial score (nSPS) is 17.4. The fourth-order valence-electron chi connectivity index (χ4n) is 5.46. The van der Waals surface area contributed by atoms with E-state index in [1.807, 2.05) is 52.0 Å². The number of nitrogens with one attached hydrogen (secondary N) is 4. The second-order valence-corrected chi connectivity index (χ2v) is 12.4. The molecule has 0 radical (unpaired) electrons. The number of carbonyl (C=O) groups is 4. The number of hydrogen-bond donors (Lipinski definition) is 4. The van der Waals surface area contributed by atoms with Gasteiger partial charge < -0.3 is 30.6 Å². The number of carbonyl (C=O) groups excluding carboxylic acids is 4. The number of benzene rings is 1. The number of likely N-dealkylation sites (tertiary alicyclic amines) is 1. The zero-order chi connectivity index (χ0) is 30.8. The molecule has 3 rings (SSSR count). The number of fused-ring (bicyclic) bond motifs is 1. The second-order valence-electron chi connectivity index (χ2n) is 11.6. The van der Waals surface area contributed by atoms with E-state index in [9.17, 15) is 19.2 Å². The summed E-state index contributed by atoms with van der Waals surface area (Å²) in [4.78, 5) is 58.3. The van der Waals surface area contributed by atoms with Crippen LogP contribution in [0.1, 0.15) is 78.2 Å². The van der Waals surface area contributed by atoms with Gasteiger partial charge in [0.1, 0.15) is 18.1 Å². The molecule has 1 aromatic carbocycles. The summed E-state index contributed by atoms with van der Waals surface area (Å²) in [5.41, 5.74) is 1.71. The van der Waals surface area contributed by atoms with E-state index in [0.29, 0.717) is 24.0 Å². The van der Waals surface area contributed by atoms with Crippen molar-refractivity contribution in [3.63, 3.8) is 0 Å². The molecule has 1 aliphatic rings. The van der Waals surface area contributed by atoms with E-state index in [2.05, 4.69) is 36.9 Å². The molecule has 232 valence electrons. The number of piperidine rings is 1. The van der Waals surface area contributed by atoms with Crippen LogP contribution in [-0.2, 0) is 25.5 Å². The number of aromatic nitrogens is 1. The molecule has 1 aromatic heterocycles. The molecule has 2 aromatic rings. The second kappa shape index (κ2) is 16.0. The summed E-state index contributed by atoms with van der Waals surface area (Å²) >= 11 is 3.58. The molecule has 10 nitrogen and oxygen atoms in total. The molecule has 1 saturated heterocycles. The number of ether oxygens (including phenoxy) is 1. The van der Waals surface area contributed by atoms with E-state index < -0.39 is 35.9 Å². The van der Waals surface area contributed by atoms with Crippen molar-refractivity contribution in [2.45, 2.75) is 103 Å². The minimum Gasteiger partial charge on any atom is -0.467 e. The van der Waals surface area contributed by atoms with E-state index in [0.717, 1.165) is 48.6 Å². The minimum atomic E-state index is -1.01. The Morgan fingerprint density at radius 3 is 2.40 bits per heavy atom. The van der Waals surface area contributed by atoms with Gasteiger partial charge in [0, 0.05) is 29.9 Å². The molecule has 1 fully saturated rings. The lowest BCUT2D eigenvalue weighted by molar-refractivity contribution is -0.145. The van der Waals surface area contributed by atoms with Crippen molar-refractivity contribution in [3.05, 3.63) is 34.4 Å². The van der Waals surface area contributed by atoms with Crippen LogP contribution in [0.15, 0.2) is 28.9 Å². The number of nitrogens with zero attached hydrogens (tertiary/aromatic N) is 1. The average molecular weight is 649 g/mol. The first-order chi connectivity index (χ1) is 20.0. The summed E-state index contributed by atoms with van der Waals surface area (Å²) in [5.74, 6) is -1.35. The highest BCUT2D eigenvalue weighted by molar-refractivity contribution is 9.10. The number of esters is 1. The van der Waals surface area contributed by atoms with Gasteiger partial charge in [0.2, 0.25) is 11.8 Å². The molecule has 4 amide bonds. The Balaban J connectivity index is 1.88. The van der Waals surface area contributed by atoms with Gasteiger partial charge in [-0.2, -0.15) is 0 Å². The molecule has 0 aliphatic carbocycles. The Morgan fingerprint density at radius 1 is 1.05 bits per heavy atom. The lowest BCUT2D eigenvalue weighted by Gasteiger charge is -2.35. The Kier molecular flexibility index (Phi) is 12.7. The maximum atomic E-state index is 13.8. The Labute approximate surface area is 257 Å². The standard InChI is InChI=1S/C31H46BrN5O5/c1-6-7-14-24(30(40)42-5)34-29(39)26(18-22-21-13-8-9-15-23(21)33-27(22)32)35-28(38)25(17-19(2)3)36-31(41)37-16-11-10-12-20(37)4/h8-9,13,15,19-20,24-26,33H,6-7,10-12,14,16-18H2,1-5H3,(H,34,39)(H,35,38)(H,36,41)/t20?,24-,25+,26-/m1/s1. The third kappa shape index (κ3) is 8.96. The summed E-state index contributed by atoms with van der Waals surface area (Å²) in [5, 5.41) is 9.59. The molecule has 4 atom stereocenters. The number of rotatable bonds is 13. The Hall–Kier alpha value is -3.08. The summed E-state index contributed by atoms with van der Waals surface area (Å²) < 4.78 is 5.65. The number of amides is 4. The monoisotopic (exact) mass is 647 g/mol. The largest absolute Gasteiger partial charge is 0.467 e. The first-order valence-electron chi connectivity index (χ1n) is 15.1. The van der Waals surface area contributed by atoms with Crippen molar-refractivity contribution in [2.75, 3.05) is 13.7 Å². The highest BCUT2D eigenvalue weighted by Crippen LogP contribution is 2.28. The van der Waals surface area contributed by atoms with E-state index in [1.165, 1.54) is 7.11 Å². The number of hydrogen-bond acceptors (Lipinski definition) is 5. The predicted octanol–water partition coefficient (Wildman–Crippen LogP) is 4.80. The summed E-state index contributed by atoms with van der Waals surface area (Å²) in [7, 11) is 1.29. The number of urea groups is 1. The van der Waals surface area contributed by atoms with Crippen LogP contribution in [0.25, 0.3) is 10.9 Å². The molecular formula is C31H46BrN5O5. The van der Waals surface area contributed by atoms with Gasteiger partial charge in [-0.15, -0.1) is 0 Å². The topological polar surface area (TPSA) is 133 Å². The third-order valence-corrected chi connectivity index (χ3v) is 8.51. The minimum absolute atomic E-state index is 0.0950. The van der Waals surface area contributed by atoms with Crippen molar-refractivity contribution in [1.82, 2.24) is 25.8 Å². The van der Waals surface area contributed by atoms with Crippen LogP contribution >= 0.6 is 15.9 Å². The third-order valence-electron chi connectivity index (χ3n) is 7.84. The van der Waals surface area contributed by atoms with Gasteiger partial charge in [-0.1, -0.05) is 51.8 Å². The van der Waals surface area contributed by atoms with Gasteiger partial charge in [0.05, 0.1) is 11.7 Å². The van der Waals surface area contributed by atoms with E-state index in [-0.39, 0.29) is 24.4 Å². The van der Waals surface area contributed by atoms with Crippen LogP contribution in [0.4, 0.5) is 4.79 Å². The Bertz CT molecular complexity index is 1230. The molecule has 0 saturated carbocycles. The highest BCUT2D eigenvalue weighted by atomic mass is 79.9. The maximum absolute atomic E-state index is 13.8. The van der Waals surface area contributed by atoms with Gasteiger partial charge in [-0.3, -0.25) is 9.59 Å². The molecule has 42 heavy (non-hydrogen) atoms. The molecule has 0 bridgehead atoms. The first kappa shape index (κ1) is 33.4. The lowest BCUT2D eigenvalue weighted by atomic mass is 10.00. The van der Waals surface area contributed by atoms with Crippen molar-refractivity contribution >= 4 is 50.6 Å². The molecule has 11 heteroatoms. The molecule has 4 N–H and O–H groups in total. The van der Waals surface area contributed by atoms with Gasteiger partial charge in [0.25, 0.3) is 0 Å². The SMILES string of the molecule is CCCC[C@@H](NC(=O)[C@@H](Cc1c(Br)[nH]c2ccccc12)NC(=O)[C@H](CC(C)C)NC(=O)N1CCCCC1C)C(=O)OC. The van der Waals surface area contributed by atoms with Crippen molar-refractivity contribution < 1.29 is 23.9 Å². The van der Waals surface area contributed by atoms with Crippen molar-refractivity contribution in [2.24, 2.45) is 5.92 Å². The summed E-state index contributed by atoms with van der Waals surface area (Å²) in [6.45, 7) is 8.64. The van der Waals surface area contributed by atoms with Crippen molar-refractivity contribution in [3.8, 4) is 0 Å². The van der Waals surface area contributed by atoms with E-state index in [1.54, 1.807) is 4.90 Å². The van der Waals surface area contributed by atoms with Crippen molar-refractivity contribution in [1.29, 1.82) is 0 Å². The molecule has 0 spiro atoms. The first-order valence-corrected chi connectivity index (χ1v) is 15.9. The highest BCUT2D eigenvalue weighted by Gasteiger charge is 2.33. The number of para-hydroxylation sites is 1. The van der Waals surface area contributed by atoms with E-state index >= 15 is 0 Å². The van der Waals surface area contributed by atoms with E-state index in [4.69, 9.17) is 4.74 Å². The lowest BCUT2D eigenvalue weighted by Crippen LogP contribution is -2.58. The molecule has 2 heterocycles. The van der Waals surface area contributed by atoms with Crippen LogP contribution < -0.4 is 16.0 Å². The number of aromatic amines is 1. The smallest absolute Gasteiger partial charge is 0.328 e. The van der Waals surface area contributed by atoms with Gasteiger partial charge in [0.15, 0.2) is 0 Å². The average Bonchev–Trinajstić information content (AvgIpc) is 3.28. The van der Waals surface area contributed by atoms with Crippen LogP contribution in [0.5, 0.6) is 0 Å². The fraction of sp³-hybridized carbons (Fsp3) is 0.613. The Morgan fingerprint density at radius 2 is 1.74 bits per heavy atom. The zero-order valence-electron chi connectivity index (χ0n) is 25.4. The van der Waals surface area contributed by atoms with Gasteiger partial charge in [-0.25, -0.2) is 9.59 Å².